The summed E-state index contributed by atoms with van der Waals surface area (Å²) in [6.45, 7) is 18.7. The first kappa shape index (κ1) is 31.6. The topological polar surface area (TPSA) is 8.17 Å². The van der Waals surface area contributed by atoms with Crippen molar-refractivity contribution >= 4 is 60.4 Å². The summed E-state index contributed by atoms with van der Waals surface area (Å²) >= 11 is 0. The van der Waals surface area contributed by atoms with Crippen molar-refractivity contribution < 1.29 is 0 Å². The van der Waals surface area contributed by atoms with Crippen molar-refractivity contribution in [3.63, 3.8) is 0 Å². The van der Waals surface area contributed by atoms with E-state index in [0.717, 1.165) is 0 Å². The fraction of sp³-hybridized carbons (Fsp3) is 0.224. The Labute approximate surface area is 302 Å². The maximum atomic E-state index is 2.55. The number of fused-ring (bicyclic) bond motifs is 8. The molecule has 9 rings (SSSR count). The van der Waals surface area contributed by atoms with Gasteiger partial charge in [-0.2, -0.15) is 0 Å². The van der Waals surface area contributed by atoms with Crippen molar-refractivity contribution in [2.75, 3.05) is 4.90 Å². The van der Waals surface area contributed by atoms with Gasteiger partial charge >= 0.3 is 0 Å². The Morgan fingerprint density at radius 3 is 1.53 bits per heavy atom. The van der Waals surface area contributed by atoms with Crippen LogP contribution in [0.1, 0.15) is 77.6 Å². The Morgan fingerprint density at radius 1 is 0.412 bits per heavy atom. The zero-order valence-electron chi connectivity index (χ0n) is 31.1. The smallest absolute Gasteiger partial charge is 0.0545 e. The van der Waals surface area contributed by atoms with Crippen LogP contribution in [-0.2, 0) is 16.2 Å². The predicted molar refractivity (Wildman–Crippen MR) is 220 cm³/mol. The molecule has 0 amide bonds. The highest BCUT2D eigenvalue weighted by Crippen LogP contribution is 2.56. The van der Waals surface area contributed by atoms with Gasteiger partial charge in [0.1, 0.15) is 0 Å². The van der Waals surface area contributed by atoms with E-state index in [1.165, 1.54) is 88.4 Å². The van der Waals surface area contributed by atoms with E-state index in [4.69, 9.17) is 0 Å². The number of benzene rings is 7. The molecule has 7 aromatic carbocycles. The Balaban J connectivity index is 1.40. The molecule has 252 valence electrons. The second-order valence-corrected chi connectivity index (χ2v) is 17.0. The first-order valence-corrected chi connectivity index (χ1v) is 18.4. The van der Waals surface area contributed by atoms with Gasteiger partial charge in [-0.3, -0.25) is 0 Å². The zero-order chi connectivity index (χ0) is 35.4. The molecule has 0 bridgehead atoms. The number of aromatic nitrogens is 1. The summed E-state index contributed by atoms with van der Waals surface area (Å²) in [4.78, 5) is 2.55. The summed E-state index contributed by atoms with van der Waals surface area (Å²) in [6, 6.07) is 50.2. The summed E-state index contributed by atoms with van der Waals surface area (Å²) in [5.74, 6) is 0. The van der Waals surface area contributed by atoms with Gasteiger partial charge in [-0.1, -0.05) is 152 Å². The SMILES string of the molecule is CC(C)(C)c1ccc(N2c3ccccc3C(C)(C)c3c2ccc2c3c3ccccc3n2-c2ccc(C(C)(C)C)c3ccccc23)c2ccccc12. The maximum absolute atomic E-state index is 2.55. The first-order chi connectivity index (χ1) is 24.4. The van der Waals surface area contributed by atoms with Crippen LogP contribution in [0.2, 0.25) is 0 Å². The number of para-hydroxylation sites is 2. The van der Waals surface area contributed by atoms with E-state index in [0.29, 0.717) is 0 Å². The molecule has 0 radical (unpaired) electrons. The average Bonchev–Trinajstić information content (AvgIpc) is 3.44. The van der Waals surface area contributed by atoms with E-state index in [1.807, 2.05) is 0 Å². The molecule has 1 aliphatic heterocycles. The molecule has 0 fully saturated rings. The fourth-order valence-electron chi connectivity index (χ4n) is 9.11. The molecule has 0 spiro atoms. The number of nitrogens with zero attached hydrogens (tertiary/aromatic N) is 2. The normalized spacial score (nSPS) is 14.4. The van der Waals surface area contributed by atoms with Crippen LogP contribution in [-0.4, -0.2) is 4.57 Å². The molecule has 51 heavy (non-hydrogen) atoms. The van der Waals surface area contributed by atoms with Crippen LogP contribution < -0.4 is 4.90 Å². The van der Waals surface area contributed by atoms with Crippen molar-refractivity contribution in [1.29, 1.82) is 0 Å². The molecule has 8 aromatic rings. The van der Waals surface area contributed by atoms with E-state index in [1.54, 1.807) is 0 Å². The molecule has 0 saturated heterocycles. The van der Waals surface area contributed by atoms with Crippen LogP contribution in [0.25, 0.3) is 49.0 Å². The van der Waals surface area contributed by atoms with E-state index in [-0.39, 0.29) is 16.2 Å². The minimum Gasteiger partial charge on any atom is -0.309 e. The largest absolute Gasteiger partial charge is 0.309 e. The number of rotatable bonds is 2. The minimum absolute atomic E-state index is 0.0289. The highest BCUT2D eigenvalue weighted by molar-refractivity contribution is 6.16. The Morgan fingerprint density at radius 2 is 0.902 bits per heavy atom. The van der Waals surface area contributed by atoms with Gasteiger partial charge in [-0.25, -0.2) is 0 Å². The molecule has 0 aliphatic carbocycles. The van der Waals surface area contributed by atoms with Crippen molar-refractivity contribution in [3.8, 4) is 5.69 Å². The molecule has 0 N–H and O–H groups in total. The second-order valence-electron chi connectivity index (χ2n) is 17.0. The minimum atomic E-state index is -0.254. The van der Waals surface area contributed by atoms with Crippen molar-refractivity contribution in [1.82, 2.24) is 4.57 Å². The third-order valence-corrected chi connectivity index (χ3v) is 11.4. The number of hydrogen-bond donors (Lipinski definition) is 0. The molecule has 2 heteroatoms. The third-order valence-electron chi connectivity index (χ3n) is 11.4. The number of hydrogen-bond acceptors (Lipinski definition) is 1. The lowest BCUT2D eigenvalue weighted by molar-refractivity contribution is 0.595. The highest BCUT2D eigenvalue weighted by Gasteiger charge is 2.40. The first-order valence-electron chi connectivity index (χ1n) is 18.4. The fourth-order valence-corrected chi connectivity index (χ4v) is 9.11. The van der Waals surface area contributed by atoms with Gasteiger partial charge in [0, 0.05) is 27.0 Å². The lowest BCUT2D eigenvalue weighted by Gasteiger charge is -2.43. The van der Waals surface area contributed by atoms with Crippen LogP contribution in [0.5, 0.6) is 0 Å². The maximum Gasteiger partial charge on any atom is 0.0545 e. The van der Waals surface area contributed by atoms with Gasteiger partial charge < -0.3 is 9.47 Å². The van der Waals surface area contributed by atoms with Crippen LogP contribution in [0, 0.1) is 0 Å². The van der Waals surface area contributed by atoms with Gasteiger partial charge in [0.15, 0.2) is 0 Å². The Hall–Kier alpha value is -5.34. The van der Waals surface area contributed by atoms with Crippen molar-refractivity contribution in [2.24, 2.45) is 0 Å². The van der Waals surface area contributed by atoms with Crippen LogP contribution in [0.15, 0.2) is 133 Å². The second kappa shape index (κ2) is 10.8. The molecule has 1 aromatic heterocycles. The lowest BCUT2D eigenvalue weighted by Crippen LogP contribution is -2.31. The standard InChI is InChI=1S/C49H46N2/c1-47(2,3)36-25-27-40(33-19-11-9-17-31(33)36)50-39-23-15-13-21-35(39)45-43(50)29-30-44-46(45)49(7,8)38-22-14-16-24-42(38)51(44)41-28-26-37(48(4,5)6)32-18-10-12-20-34(32)41/h9-30H,1-8H3. The monoisotopic (exact) mass is 662 g/mol. The van der Waals surface area contributed by atoms with Gasteiger partial charge in [-0.15, -0.1) is 0 Å². The molecule has 2 nitrogen and oxygen atoms in total. The van der Waals surface area contributed by atoms with E-state index in [9.17, 15) is 0 Å². The van der Waals surface area contributed by atoms with Crippen LogP contribution >= 0.6 is 0 Å². The Kier molecular flexibility index (Phi) is 6.72. The molecular weight excluding hydrogens is 617 g/mol. The van der Waals surface area contributed by atoms with Crippen molar-refractivity contribution in [3.05, 3.63) is 156 Å². The van der Waals surface area contributed by atoms with Gasteiger partial charge in [-0.05, 0) is 80.3 Å². The van der Waals surface area contributed by atoms with Crippen LogP contribution in [0.3, 0.4) is 0 Å². The van der Waals surface area contributed by atoms with Gasteiger partial charge in [0.25, 0.3) is 0 Å². The van der Waals surface area contributed by atoms with Crippen molar-refractivity contribution in [2.45, 2.75) is 71.6 Å². The van der Waals surface area contributed by atoms with E-state index >= 15 is 0 Å². The zero-order valence-corrected chi connectivity index (χ0v) is 31.1. The van der Waals surface area contributed by atoms with Gasteiger partial charge in [0.2, 0.25) is 0 Å². The molecule has 0 unspecified atom stereocenters. The van der Waals surface area contributed by atoms with E-state index in [2.05, 4.69) is 198 Å². The number of anilines is 3. The predicted octanol–water partition coefficient (Wildman–Crippen LogP) is 13.8. The summed E-state index contributed by atoms with van der Waals surface area (Å²) in [6.07, 6.45) is 0. The summed E-state index contributed by atoms with van der Waals surface area (Å²) in [7, 11) is 0. The van der Waals surface area contributed by atoms with Gasteiger partial charge in [0.05, 0.1) is 33.8 Å². The molecule has 0 atom stereocenters. The summed E-state index contributed by atoms with van der Waals surface area (Å²) in [5, 5.41) is 7.80. The molecular formula is C49H46N2. The molecule has 2 heterocycles. The average molecular weight is 663 g/mol. The summed E-state index contributed by atoms with van der Waals surface area (Å²) in [5.41, 5.74) is 12.7. The highest BCUT2D eigenvalue weighted by atomic mass is 15.2. The Bertz CT molecular complexity index is 2690. The lowest BCUT2D eigenvalue weighted by atomic mass is 9.72. The van der Waals surface area contributed by atoms with E-state index < -0.39 is 0 Å². The summed E-state index contributed by atoms with van der Waals surface area (Å²) < 4.78 is 2.52. The molecule has 0 saturated carbocycles. The third kappa shape index (κ3) is 4.55. The molecule has 1 aliphatic rings. The quantitative estimate of drug-likeness (QED) is 0.179. The van der Waals surface area contributed by atoms with Crippen LogP contribution in [0.4, 0.5) is 17.1 Å².